The van der Waals surface area contributed by atoms with Crippen LogP contribution in [0.1, 0.15) is 26.2 Å². The van der Waals surface area contributed by atoms with Gasteiger partial charge in [0.05, 0.1) is 18.6 Å². The molecule has 1 heterocycles. The van der Waals surface area contributed by atoms with Gasteiger partial charge in [-0.05, 0) is 19.8 Å². The van der Waals surface area contributed by atoms with Crippen molar-refractivity contribution >= 4 is 42.2 Å². The van der Waals surface area contributed by atoms with E-state index in [1.807, 2.05) is 0 Å². The van der Waals surface area contributed by atoms with Crippen molar-refractivity contribution in [1.29, 1.82) is 0 Å². The molecule has 0 aromatic heterocycles. The van der Waals surface area contributed by atoms with E-state index in [1.54, 1.807) is 0 Å². The highest BCUT2D eigenvalue weighted by atomic mass is 32.1. The van der Waals surface area contributed by atoms with Gasteiger partial charge in [0.25, 0.3) is 0 Å². The molecule has 1 fully saturated rings. The van der Waals surface area contributed by atoms with Crippen LogP contribution >= 0.6 is 12.6 Å². The number of aliphatic carboxylic acids is 1. The number of aliphatic hydroxyl groups excluding tert-OH is 1. The van der Waals surface area contributed by atoms with Gasteiger partial charge in [-0.1, -0.05) is 0 Å². The summed E-state index contributed by atoms with van der Waals surface area (Å²) in [6.45, 7) is 1.53. The Morgan fingerprint density at radius 1 is 1.24 bits per heavy atom. The molecule has 1 saturated heterocycles. The predicted octanol–water partition coefficient (Wildman–Crippen LogP) is -3.46. The first-order valence-corrected chi connectivity index (χ1v) is 9.59. The Morgan fingerprint density at radius 3 is 2.34 bits per heavy atom. The summed E-state index contributed by atoms with van der Waals surface area (Å²) in [4.78, 5) is 60.8. The van der Waals surface area contributed by atoms with Crippen molar-refractivity contribution in [2.45, 2.75) is 56.5 Å². The van der Waals surface area contributed by atoms with Crippen LogP contribution < -0.4 is 22.1 Å². The minimum absolute atomic E-state index is 0.0960. The van der Waals surface area contributed by atoms with E-state index in [0.717, 1.165) is 0 Å². The van der Waals surface area contributed by atoms with Gasteiger partial charge in [0, 0.05) is 12.3 Å². The number of hydrogen-bond donors (Lipinski definition) is 7. The molecule has 5 atom stereocenters. The summed E-state index contributed by atoms with van der Waals surface area (Å²) in [5.74, 6) is -4.51. The zero-order valence-electron chi connectivity index (χ0n) is 15.9. The average molecular weight is 433 g/mol. The highest BCUT2D eigenvalue weighted by Crippen LogP contribution is 2.19. The van der Waals surface area contributed by atoms with Crippen LogP contribution in [-0.2, 0) is 24.0 Å². The second-order valence-electron chi connectivity index (χ2n) is 6.78. The average Bonchev–Trinajstić information content (AvgIpc) is 3.12. The number of carboxylic acids is 1. The first kappa shape index (κ1) is 24.7. The molecule has 13 heteroatoms. The Labute approximate surface area is 172 Å². The van der Waals surface area contributed by atoms with E-state index in [4.69, 9.17) is 16.6 Å². The molecule has 12 nitrogen and oxygen atoms in total. The zero-order valence-corrected chi connectivity index (χ0v) is 16.8. The van der Waals surface area contributed by atoms with E-state index in [-0.39, 0.29) is 5.75 Å². The molecule has 5 unspecified atom stereocenters. The summed E-state index contributed by atoms with van der Waals surface area (Å²) in [6.07, 6.45) is -1.15. The number of carbonyl (C=O) groups is 5. The molecular weight excluding hydrogens is 406 g/mol. The van der Waals surface area contributed by atoms with Gasteiger partial charge < -0.3 is 37.2 Å². The molecule has 8 N–H and O–H groups in total. The molecule has 0 spiro atoms. The largest absolute Gasteiger partial charge is 0.480 e. The molecule has 29 heavy (non-hydrogen) atoms. The van der Waals surface area contributed by atoms with Gasteiger partial charge in [0.1, 0.15) is 18.1 Å². The third kappa shape index (κ3) is 6.87. The number of aliphatic hydroxyl groups is 1. The standard InChI is InChI=1S/C16H27N5O7S/c1-7(22)12(14(25)19-9(16(27)28)5-11(18)23)20-13(24)10-3-2-4-21(10)15(26)8(17)6-29/h7-10,12,22,29H,2-6,17H2,1H3,(H2,18,23)(H,19,25)(H,20,24)(H,27,28). The van der Waals surface area contributed by atoms with Crippen LogP contribution in [0.15, 0.2) is 0 Å². The summed E-state index contributed by atoms with van der Waals surface area (Å²) in [7, 11) is 0. The van der Waals surface area contributed by atoms with Crippen LogP contribution in [0.3, 0.4) is 0 Å². The summed E-state index contributed by atoms with van der Waals surface area (Å²) in [5.41, 5.74) is 10.6. The van der Waals surface area contributed by atoms with E-state index in [2.05, 4.69) is 23.3 Å². The topological polar surface area (TPSA) is 205 Å². The van der Waals surface area contributed by atoms with E-state index >= 15 is 0 Å². The van der Waals surface area contributed by atoms with Crippen molar-refractivity contribution in [3.8, 4) is 0 Å². The fraction of sp³-hybridized carbons (Fsp3) is 0.688. The first-order valence-electron chi connectivity index (χ1n) is 8.96. The molecule has 0 radical (unpaired) electrons. The number of nitrogens with two attached hydrogens (primary N) is 2. The highest BCUT2D eigenvalue weighted by Gasteiger charge is 2.38. The lowest BCUT2D eigenvalue weighted by Gasteiger charge is -2.29. The van der Waals surface area contributed by atoms with Crippen LogP contribution in [0, 0.1) is 0 Å². The Morgan fingerprint density at radius 2 is 1.86 bits per heavy atom. The summed E-state index contributed by atoms with van der Waals surface area (Å²) >= 11 is 3.97. The van der Waals surface area contributed by atoms with Gasteiger partial charge in [-0.3, -0.25) is 19.2 Å². The Kier molecular flexibility index (Phi) is 9.33. The van der Waals surface area contributed by atoms with Crippen LogP contribution in [-0.4, -0.2) is 87.3 Å². The van der Waals surface area contributed by atoms with Crippen LogP contribution in [0.2, 0.25) is 0 Å². The highest BCUT2D eigenvalue weighted by molar-refractivity contribution is 7.80. The lowest BCUT2D eigenvalue weighted by Crippen LogP contribution is -2.59. The zero-order chi connectivity index (χ0) is 22.3. The van der Waals surface area contributed by atoms with Crippen molar-refractivity contribution in [1.82, 2.24) is 15.5 Å². The lowest BCUT2D eigenvalue weighted by molar-refractivity contribution is -0.145. The molecule has 0 saturated carbocycles. The minimum atomic E-state index is -1.61. The predicted molar refractivity (Wildman–Crippen MR) is 104 cm³/mol. The van der Waals surface area contributed by atoms with Crippen LogP contribution in [0.5, 0.6) is 0 Å². The molecule has 0 aliphatic carbocycles. The van der Waals surface area contributed by atoms with Gasteiger partial charge >= 0.3 is 5.97 Å². The molecule has 0 aromatic carbocycles. The maximum absolute atomic E-state index is 12.6. The van der Waals surface area contributed by atoms with Crippen molar-refractivity contribution in [2.75, 3.05) is 12.3 Å². The number of nitrogens with one attached hydrogen (secondary N) is 2. The number of thiol groups is 1. The number of carbonyl (C=O) groups excluding carboxylic acids is 4. The quantitative estimate of drug-likeness (QED) is 0.172. The van der Waals surface area contributed by atoms with Crippen LogP contribution in [0.25, 0.3) is 0 Å². The Hall–Kier alpha value is -2.38. The van der Waals surface area contributed by atoms with Gasteiger partial charge in [0.15, 0.2) is 0 Å². The number of rotatable bonds is 10. The maximum Gasteiger partial charge on any atom is 0.326 e. The number of carboxylic acid groups (broad SMARTS) is 1. The third-order valence-corrected chi connectivity index (χ3v) is 4.83. The third-order valence-electron chi connectivity index (χ3n) is 4.43. The van der Waals surface area contributed by atoms with Crippen molar-refractivity contribution < 1.29 is 34.2 Å². The second-order valence-corrected chi connectivity index (χ2v) is 7.14. The molecule has 4 amide bonds. The van der Waals surface area contributed by atoms with E-state index < -0.39 is 66.3 Å². The minimum Gasteiger partial charge on any atom is -0.480 e. The molecule has 164 valence electrons. The second kappa shape index (κ2) is 11.0. The van der Waals surface area contributed by atoms with E-state index in [0.29, 0.717) is 19.4 Å². The summed E-state index contributed by atoms with van der Waals surface area (Å²) in [5, 5.41) is 23.4. The van der Waals surface area contributed by atoms with Crippen LogP contribution in [0.4, 0.5) is 0 Å². The first-order chi connectivity index (χ1) is 13.5. The number of primary amides is 1. The maximum atomic E-state index is 12.6. The van der Waals surface area contributed by atoms with Crippen molar-refractivity contribution in [3.63, 3.8) is 0 Å². The van der Waals surface area contributed by atoms with Gasteiger partial charge in [-0.2, -0.15) is 12.6 Å². The Bertz CT molecular complexity index is 660. The molecular formula is C16H27N5O7S. The number of amides is 4. The Balaban J connectivity index is 2.88. The monoisotopic (exact) mass is 433 g/mol. The van der Waals surface area contributed by atoms with Crippen molar-refractivity contribution in [2.24, 2.45) is 11.5 Å². The number of hydrogen-bond acceptors (Lipinski definition) is 8. The molecule has 0 bridgehead atoms. The molecule has 1 aliphatic heterocycles. The summed E-state index contributed by atoms with van der Waals surface area (Å²) < 4.78 is 0. The number of nitrogens with zero attached hydrogens (tertiary/aromatic N) is 1. The SMILES string of the molecule is CC(O)C(NC(=O)C1CCCN1C(=O)C(N)CS)C(=O)NC(CC(N)=O)C(=O)O. The van der Waals surface area contributed by atoms with E-state index in [1.165, 1.54) is 11.8 Å². The smallest absolute Gasteiger partial charge is 0.326 e. The molecule has 1 aliphatic rings. The normalized spacial score (nSPS) is 20.3. The lowest BCUT2D eigenvalue weighted by atomic mass is 10.1. The summed E-state index contributed by atoms with van der Waals surface area (Å²) in [6, 6.07) is -4.89. The fourth-order valence-corrected chi connectivity index (χ4v) is 3.07. The van der Waals surface area contributed by atoms with Gasteiger partial charge in [0.2, 0.25) is 23.6 Å². The van der Waals surface area contributed by atoms with E-state index in [9.17, 15) is 29.1 Å². The molecule has 0 aromatic rings. The number of likely N-dealkylation sites (tertiary alicyclic amines) is 1. The molecule has 1 rings (SSSR count). The van der Waals surface area contributed by atoms with Gasteiger partial charge in [-0.15, -0.1) is 0 Å². The fourth-order valence-electron chi connectivity index (χ4n) is 2.91. The van der Waals surface area contributed by atoms with Crippen molar-refractivity contribution in [3.05, 3.63) is 0 Å². The van der Waals surface area contributed by atoms with Gasteiger partial charge in [-0.25, -0.2) is 4.79 Å².